The Bertz CT molecular complexity index is 615. The molecule has 0 aliphatic carbocycles. The first-order chi connectivity index (χ1) is 6.86. The number of fused-ring (bicyclic) bond motifs is 3. The van der Waals surface area contributed by atoms with Crippen molar-refractivity contribution in [3.05, 3.63) is 34.4 Å². The number of hydrogen-bond donors (Lipinski definition) is 1. The minimum Gasteiger partial charge on any atom is -0.346 e. The van der Waals surface area contributed by atoms with E-state index in [1.54, 1.807) is 6.33 Å². The second kappa shape index (κ2) is 2.91. The summed E-state index contributed by atoms with van der Waals surface area (Å²) < 4.78 is 1.16. The lowest BCUT2D eigenvalue weighted by Gasteiger charge is -2.00. The molecule has 68 valence electrons. The van der Waals surface area contributed by atoms with Gasteiger partial charge in [0.2, 0.25) is 0 Å². The van der Waals surface area contributed by atoms with Crippen LogP contribution >= 0.6 is 22.6 Å². The first kappa shape index (κ1) is 8.16. The third-order valence-corrected chi connectivity index (χ3v) is 3.10. The van der Waals surface area contributed by atoms with Crippen LogP contribution in [0.15, 0.2) is 30.9 Å². The zero-order valence-corrected chi connectivity index (χ0v) is 9.32. The fourth-order valence-corrected chi connectivity index (χ4v) is 2.38. The van der Waals surface area contributed by atoms with Crippen LogP contribution in [-0.2, 0) is 0 Å². The van der Waals surface area contributed by atoms with E-state index in [0.717, 1.165) is 25.4 Å². The number of halogens is 1. The fourth-order valence-electron chi connectivity index (χ4n) is 1.64. The smallest absolute Gasteiger partial charge is 0.0923 e. The Kier molecular flexibility index (Phi) is 1.70. The van der Waals surface area contributed by atoms with Crippen LogP contribution in [0.5, 0.6) is 0 Å². The third kappa shape index (κ3) is 1.03. The van der Waals surface area contributed by atoms with Crippen LogP contribution in [0.25, 0.3) is 21.8 Å². The largest absolute Gasteiger partial charge is 0.346 e. The molecule has 14 heavy (non-hydrogen) atoms. The molecule has 3 nitrogen and oxygen atoms in total. The molecule has 3 aromatic rings. The first-order valence-corrected chi connectivity index (χ1v) is 5.29. The summed E-state index contributed by atoms with van der Waals surface area (Å²) in [6.45, 7) is 0. The number of H-pyrrole nitrogens is 1. The van der Waals surface area contributed by atoms with E-state index in [1.165, 1.54) is 0 Å². The molecule has 0 radical (unpaired) electrons. The number of hydrogen-bond acceptors (Lipinski definition) is 2. The number of rotatable bonds is 0. The molecule has 4 heteroatoms. The highest BCUT2D eigenvalue weighted by Gasteiger charge is 2.05. The average Bonchev–Trinajstić information content (AvgIpc) is 2.67. The second-order valence-electron chi connectivity index (χ2n) is 3.08. The van der Waals surface area contributed by atoms with Crippen molar-refractivity contribution in [2.24, 2.45) is 0 Å². The Morgan fingerprint density at radius 2 is 2.21 bits per heavy atom. The van der Waals surface area contributed by atoms with Crippen LogP contribution in [0.4, 0.5) is 0 Å². The molecule has 0 bridgehead atoms. The number of benzene rings is 1. The van der Waals surface area contributed by atoms with Gasteiger partial charge in [-0.15, -0.1) is 0 Å². The number of nitrogens with zero attached hydrogens (tertiary/aromatic N) is 2. The van der Waals surface area contributed by atoms with Gasteiger partial charge in [0.25, 0.3) is 0 Å². The van der Waals surface area contributed by atoms with Crippen LogP contribution in [0.1, 0.15) is 0 Å². The van der Waals surface area contributed by atoms with Crippen molar-refractivity contribution >= 4 is 44.4 Å². The summed E-state index contributed by atoms with van der Waals surface area (Å²) in [4.78, 5) is 11.5. The lowest BCUT2D eigenvalue weighted by Crippen LogP contribution is -1.84. The predicted octanol–water partition coefficient (Wildman–Crippen LogP) is 2.72. The molecule has 2 heterocycles. The molecule has 0 spiro atoms. The van der Waals surface area contributed by atoms with Gasteiger partial charge < -0.3 is 4.98 Å². The van der Waals surface area contributed by atoms with E-state index < -0.39 is 0 Å². The van der Waals surface area contributed by atoms with E-state index in [-0.39, 0.29) is 0 Å². The molecule has 0 unspecified atom stereocenters. The molecule has 1 N–H and O–H groups in total. The second-order valence-corrected chi connectivity index (χ2v) is 4.24. The van der Waals surface area contributed by atoms with Crippen LogP contribution < -0.4 is 0 Å². The summed E-state index contributed by atoms with van der Waals surface area (Å²) in [5.74, 6) is 0. The minimum atomic E-state index is 1.06. The van der Waals surface area contributed by atoms with Gasteiger partial charge in [-0.1, -0.05) is 0 Å². The van der Waals surface area contributed by atoms with Crippen molar-refractivity contribution in [2.45, 2.75) is 0 Å². The Morgan fingerprint density at radius 1 is 1.29 bits per heavy atom. The van der Waals surface area contributed by atoms with E-state index in [0.29, 0.717) is 0 Å². The van der Waals surface area contributed by atoms with Gasteiger partial charge in [0.1, 0.15) is 0 Å². The van der Waals surface area contributed by atoms with E-state index in [1.807, 2.05) is 18.5 Å². The van der Waals surface area contributed by atoms with Crippen molar-refractivity contribution in [3.8, 4) is 0 Å². The normalized spacial score (nSPS) is 11.2. The number of nitrogens with one attached hydrogen (secondary N) is 1. The molecule has 0 aliphatic heterocycles. The average molecular weight is 295 g/mol. The lowest BCUT2D eigenvalue weighted by molar-refractivity contribution is 1.22. The van der Waals surface area contributed by atoms with Gasteiger partial charge in [-0.3, -0.25) is 4.98 Å². The van der Waals surface area contributed by atoms with Gasteiger partial charge in [0.05, 0.1) is 11.8 Å². The van der Waals surface area contributed by atoms with Gasteiger partial charge in [0, 0.05) is 32.3 Å². The van der Waals surface area contributed by atoms with Crippen molar-refractivity contribution in [1.29, 1.82) is 0 Å². The molecule has 1 aromatic carbocycles. The molecule has 0 aliphatic rings. The van der Waals surface area contributed by atoms with Gasteiger partial charge in [-0.25, -0.2) is 4.98 Å². The number of aromatic nitrogens is 3. The van der Waals surface area contributed by atoms with Crippen molar-refractivity contribution < 1.29 is 0 Å². The molecular weight excluding hydrogens is 289 g/mol. The first-order valence-electron chi connectivity index (χ1n) is 4.21. The van der Waals surface area contributed by atoms with Crippen molar-refractivity contribution in [2.75, 3.05) is 0 Å². The molecule has 0 atom stereocenters. The highest BCUT2D eigenvalue weighted by Crippen LogP contribution is 2.26. The van der Waals surface area contributed by atoms with Gasteiger partial charge in [0.15, 0.2) is 0 Å². The summed E-state index contributed by atoms with van der Waals surface area (Å²) in [7, 11) is 0. The zero-order chi connectivity index (χ0) is 9.54. The van der Waals surface area contributed by atoms with Crippen LogP contribution in [0.3, 0.4) is 0 Å². The summed E-state index contributed by atoms with van der Waals surface area (Å²) >= 11 is 2.30. The molecule has 0 fully saturated rings. The molecule has 2 aromatic heterocycles. The van der Waals surface area contributed by atoms with E-state index >= 15 is 0 Å². The summed E-state index contributed by atoms with van der Waals surface area (Å²) in [6.07, 6.45) is 5.39. The Hall–Kier alpha value is -1.17. The molecule has 0 saturated heterocycles. The molecular formula is C10H6IN3. The van der Waals surface area contributed by atoms with E-state index in [4.69, 9.17) is 0 Å². The quantitative estimate of drug-likeness (QED) is 0.648. The predicted molar refractivity (Wildman–Crippen MR) is 64.1 cm³/mol. The third-order valence-electron chi connectivity index (χ3n) is 2.28. The fraction of sp³-hybridized carbons (Fsp3) is 0. The minimum absolute atomic E-state index is 1.06. The Morgan fingerprint density at radius 3 is 3.14 bits per heavy atom. The Balaban J connectivity index is 2.66. The highest BCUT2D eigenvalue weighted by molar-refractivity contribution is 14.1. The van der Waals surface area contributed by atoms with Crippen LogP contribution in [-0.4, -0.2) is 15.0 Å². The maximum atomic E-state index is 4.32. The van der Waals surface area contributed by atoms with Gasteiger partial charge in [-0.05, 0) is 34.7 Å². The van der Waals surface area contributed by atoms with Crippen LogP contribution in [0.2, 0.25) is 0 Å². The van der Waals surface area contributed by atoms with E-state index in [9.17, 15) is 0 Å². The lowest BCUT2D eigenvalue weighted by atomic mass is 10.1. The van der Waals surface area contributed by atoms with Crippen LogP contribution in [0, 0.1) is 3.57 Å². The Labute approximate surface area is 93.7 Å². The standard InChI is InChI=1S/C10H6IN3/c11-8-3-9-7(4-12-5-14-9)6-1-2-13-10(6)8/h1-5H,(H,12,14). The summed E-state index contributed by atoms with van der Waals surface area (Å²) in [5, 5.41) is 2.29. The topological polar surface area (TPSA) is 41.6 Å². The van der Waals surface area contributed by atoms with Crippen molar-refractivity contribution in [1.82, 2.24) is 15.0 Å². The monoisotopic (exact) mass is 295 g/mol. The molecule has 0 amide bonds. The van der Waals surface area contributed by atoms with E-state index in [2.05, 4.69) is 43.6 Å². The molecule has 0 saturated carbocycles. The highest BCUT2D eigenvalue weighted by atomic mass is 127. The summed E-state index contributed by atoms with van der Waals surface area (Å²) in [6, 6.07) is 4.11. The SMILES string of the molecule is Ic1cc2[nH]cncc2c2ccnc12. The summed E-state index contributed by atoms with van der Waals surface area (Å²) in [5.41, 5.74) is 2.16. The maximum Gasteiger partial charge on any atom is 0.0923 e. The number of aromatic amines is 1. The zero-order valence-electron chi connectivity index (χ0n) is 7.16. The van der Waals surface area contributed by atoms with Gasteiger partial charge in [-0.2, -0.15) is 0 Å². The van der Waals surface area contributed by atoms with Gasteiger partial charge >= 0.3 is 0 Å². The van der Waals surface area contributed by atoms with Crippen molar-refractivity contribution in [3.63, 3.8) is 0 Å². The molecule has 3 rings (SSSR count). The maximum absolute atomic E-state index is 4.32.